The zero-order valence-corrected chi connectivity index (χ0v) is 16.5. The second-order valence-electron chi connectivity index (χ2n) is 11.1. The Morgan fingerprint density at radius 1 is 0.560 bits per heavy atom. The second kappa shape index (κ2) is 6.84. The van der Waals surface area contributed by atoms with Crippen LogP contribution in [0.3, 0.4) is 0 Å². The molecule has 1 nitrogen and oxygen atoms in total. The van der Waals surface area contributed by atoms with Gasteiger partial charge in [0.2, 0.25) is 0 Å². The fraction of sp³-hybridized carbons (Fsp3) is 1.00. The summed E-state index contributed by atoms with van der Waals surface area (Å²) in [7, 11) is 0. The van der Waals surface area contributed by atoms with E-state index in [1.54, 1.807) is 51.4 Å². The predicted octanol–water partition coefficient (Wildman–Crippen LogP) is 5.88. The van der Waals surface area contributed by atoms with Crippen molar-refractivity contribution in [3.05, 3.63) is 0 Å². The normalized spacial score (nSPS) is 52.1. The smallest absolute Gasteiger partial charge is 0.00772 e. The fourth-order valence-electron chi connectivity index (χ4n) is 6.65. The van der Waals surface area contributed by atoms with Crippen molar-refractivity contribution in [3.8, 4) is 0 Å². The first-order chi connectivity index (χ1) is 12.2. The molecule has 2 N–H and O–H groups in total. The van der Waals surface area contributed by atoms with Gasteiger partial charge < -0.3 is 5.73 Å². The van der Waals surface area contributed by atoms with Crippen molar-refractivity contribution in [2.24, 2.45) is 64.9 Å². The molecule has 1 heteroatoms. The Bertz CT molecular complexity index is 473. The van der Waals surface area contributed by atoms with Crippen molar-refractivity contribution in [2.45, 2.75) is 84.0 Å². The van der Waals surface area contributed by atoms with Crippen LogP contribution in [-0.2, 0) is 0 Å². The van der Waals surface area contributed by atoms with Gasteiger partial charge in [0.25, 0.3) is 0 Å². The molecule has 5 aliphatic carbocycles. The zero-order valence-electron chi connectivity index (χ0n) is 16.5. The monoisotopic (exact) mass is 343 g/mol. The average Bonchev–Trinajstić information content (AvgIpc) is 3.43. The largest absolute Gasteiger partial charge is 0.330 e. The van der Waals surface area contributed by atoms with Crippen molar-refractivity contribution in [3.63, 3.8) is 0 Å². The van der Waals surface area contributed by atoms with Gasteiger partial charge >= 0.3 is 0 Å². The first-order valence-electron chi connectivity index (χ1n) is 11.9. The highest BCUT2D eigenvalue weighted by molar-refractivity contribution is 5.01. The third kappa shape index (κ3) is 4.28. The quantitative estimate of drug-likeness (QED) is 0.471. The Kier molecular flexibility index (Phi) is 4.68. The van der Waals surface area contributed by atoms with Gasteiger partial charge in [0.1, 0.15) is 0 Å². The zero-order chi connectivity index (χ0) is 17.0. The highest BCUT2D eigenvalue weighted by Gasteiger charge is 2.51. The molecule has 5 saturated carbocycles. The average molecular weight is 344 g/mol. The lowest BCUT2D eigenvalue weighted by Crippen LogP contribution is -1.99. The van der Waals surface area contributed by atoms with E-state index in [2.05, 4.69) is 6.92 Å². The van der Waals surface area contributed by atoms with E-state index in [0.29, 0.717) is 0 Å². The molecular formula is C24H41N. The van der Waals surface area contributed by atoms with Crippen LogP contribution in [0.5, 0.6) is 0 Å². The first kappa shape index (κ1) is 17.1. The SMILES string of the molecule is CCC1CC1CC1CC1CC1CC1CC1CC1CC1CC1CCCN. The van der Waals surface area contributed by atoms with Crippen LogP contribution in [0.2, 0.25) is 0 Å². The number of hydrogen-bond donors (Lipinski definition) is 1. The summed E-state index contributed by atoms with van der Waals surface area (Å²) in [6.07, 6.45) is 18.5. The van der Waals surface area contributed by atoms with Crippen molar-refractivity contribution >= 4 is 0 Å². The van der Waals surface area contributed by atoms with Crippen LogP contribution < -0.4 is 5.73 Å². The Hall–Kier alpha value is -0.0400. The molecular weight excluding hydrogens is 302 g/mol. The lowest BCUT2D eigenvalue weighted by Gasteiger charge is -2.02. The van der Waals surface area contributed by atoms with Gasteiger partial charge in [-0.3, -0.25) is 0 Å². The highest BCUT2D eigenvalue weighted by Crippen LogP contribution is 2.61. The maximum Gasteiger partial charge on any atom is -0.00772 e. The van der Waals surface area contributed by atoms with Crippen LogP contribution in [0, 0.1) is 59.2 Å². The van der Waals surface area contributed by atoms with Crippen LogP contribution in [0.1, 0.15) is 84.0 Å². The van der Waals surface area contributed by atoms with Gasteiger partial charge in [-0.1, -0.05) is 13.3 Å². The van der Waals surface area contributed by atoms with E-state index in [1.165, 1.54) is 25.7 Å². The van der Waals surface area contributed by atoms with E-state index < -0.39 is 0 Å². The number of hydrogen-bond acceptors (Lipinski definition) is 1. The molecule has 0 radical (unpaired) electrons. The third-order valence-electron chi connectivity index (χ3n) is 9.07. The minimum atomic E-state index is 0.903. The molecule has 0 amide bonds. The minimum absolute atomic E-state index is 0.903. The molecule has 0 aromatic carbocycles. The molecule has 25 heavy (non-hydrogen) atoms. The van der Waals surface area contributed by atoms with Gasteiger partial charge in [-0.2, -0.15) is 0 Å². The molecule has 10 atom stereocenters. The second-order valence-corrected chi connectivity index (χ2v) is 11.1. The van der Waals surface area contributed by atoms with Crippen LogP contribution in [0.15, 0.2) is 0 Å². The molecule has 0 aromatic heterocycles. The van der Waals surface area contributed by atoms with Gasteiger partial charge in [0.05, 0.1) is 0 Å². The minimum Gasteiger partial charge on any atom is -0.330 e. The van der Waals surface area contributed by atoms with Gasteiger partial charge in [-0.05, 0) is 136 Å². The summed E-state index contributed by atoms with van der Waals surface area (Å²) in [5.74, 6) is 11.4. The molecule has 5 aliphatic rings. The molecule has 0 heterocycles. The first-order valence-corrected chi connectivity index (χ1v) is 11.9. The molecule has 142 valence electrons. The highest BCUT2D eigenvalue weighted by atomic mass is 14.6. The molecule has 5 rings (SSSR count). The molecule has 10 unspecified atom stereocenters. The summed E-state index contributed by atoms with van der Waals surface area (Å²) >= 11 is 0. The lowest BCUT2D eigenvalue weighted by atomic mass is 10.0. The van der Waals surface area contributed by atoms with Gasteiger partial charge in [-0.15, -0.1) is 0 Å². The number of rotatable bonds is 12. The van der Waals surface area contributed by atoms with Crippen LogP contribution in [-0.4, -0.2) is 6.54 Å². The number of nitrogens with two attached hydrogens (primary N) is 1. The van der Waals surface area contributed by atoms with Crippen molar-refractivity contribution in [2.75, 3.05) is 6.54 Å². The molecule has 0 saturated heterocycles. The molecule has 0 aliphatic heterocycles. The van der Waals surface area contributed by atoms with Crippen LogP contribution in [0.4, 0.5) is 0 Å². The van der Waals surface area contributed by atoms with E-state index in [4.69, 9.17) is 5.73 Å². The molecule has 0 spiro atoms. The fourth-order valence-corrected chi connectivity index (χ4v) is 6.65. The maximum atomic E-state index is 5.65. The van der Waals surface area contributed by atoms with E-state index in [9.17, 15) is 0 Å². The van der Waals surface area contributed by atoms with Gasteiger partial charge in [0.15, 0.2) is 0 Å². The van der Waals surface area contributed by atoms with E-state index in [-0.39, 0.29) is 0 Å². The molecule has 0 aromatic rings. The Morgan fingerprint density at radius 2 is 0.920 bits per heavy atom. The van der Waals surface area contributed by atoms with Gasteiger partial charge in [0, 0.05) is 0 Å². The topological polar surface area (TPSA) is 26.0 Å². The van der Waals surface area contributed by atoms with Crippen molar-refractivity contribution in [1.82, 2.24) is 0 Å². The summed E-state index contributed by atoms with van der Waals surface area (Å²) < 4.78 is 0. The van der Waals surface area contributed by atoms with Crippen LogP contribution >= 0.6 is 0 Å². The van der Waals surface area contributed by atoms with Gasteiger partial charge in [-0.25, -0.2) is 0 Å². The molecule has 5 fully saturated rings. The van der Waals surface area contributed by atoms with E-state index in [0.717, 1.165) is 65.7 Å². The summed E-state index contributed by atoms with van der Waals surface area (Å²) in [6, 6.07) is 0. The summed E-state index contributed by atoms with van der Waals surface area (Å²) in [5.41, 5.74) is 5.65. The Labute approximate surface area is 155 Å². The Morgan fingerprint density at radius 3 is 1.32 bits per heavy atom. The molecule has 0 bridgehead atoms. The summed E-state index contributed by atoms with van der Waals surface area (Å²) in [4.78, 5) is 0. The Balaban J connectivity index is 0.922. The van der Waals surface area contributed by atoms with Crippen molar-refractivity contribution in [1.29, 1.82) is 0 Å². The van der Waals surface area contributed by atoms with E-state index >= 15 is 0 Å². The van der Waals surface area contributed by atoms with Crippen LogP contribution in [0.25, 0.3) is 0 Å². The standard InChI is InChI=1S/C24H41N/c1-2-15-6-17(15)8-19-10-21(19)12-23-14-24(23)13-22-11-20(22)9-18-7-16(18)4-3-5-25/h15-24H,2-14,25H2,1H3. The predicted molar refractivity (Wildman–Crippen MR) is 105 cm³/mol. The van der Waals surface area contributed by atoms with E-state index in [1.807, 2.05) is 0 Å². The summed E-state index contributed by atoms with van der Waals surface area (Å²) in [6.45, 7) is 3.29. The lowest BCUT2D eigenvalue weighted by molar-refractivity contribution is 0.478. The van der Waals surface area contributed by atoms with Crippen molar-refractivity contribution < 1.29 is 0 Å². The summed E-state index contributed by atoms with van der Waals surface area (Å²) in [5, 5.41) is 0. The third-order valence-corrected chi connectivity index (χ3v) is 9.07. The maximum absolute atomic E-state index is 5.65.